The third-order valence-electron chi connectivity index (χ3n) is 3.73. The van der Waals surface area contributed by atoms with Crippen LogP contribution in [0.3, 0.4) is 0 Å². The van der Waals surface area contributed by atoms with Crippen molar-refractivity contribution in [2.24, 2.45) is 0 Å². The van der Waals surface area contributed by atoms with Crippen molar-refractivity contribution in [3.63, 3.8) is 0 Å². The second kappa shape index (κ2) is 6.03. The molecular weight excluding hydrogens is 228 g/mol. The molecule has 0 unspecified atom stereocenters. The number of hydrogen-bond donors (Lipinski definition) is 0. The fourth-order valence-electron chi connectivity index (χ4n) is 2.57. The molecule has 1 aromatic rings. The van der Waals surface area contributed by atoms with Gasteiger partial charge in [0.25, 0.3) is 0 Å². The van der Waals surface area contributed by atoms with E-state index in [4.69, 9.17) is 4.52 Å². The first kappa shape index (κ1) is 13.1. The topological polar surface area (TPSA) is 46.3 Å². The first-order valence-electron chi connectivity index (χ1n) is 6.88. The summed E-state index contributed by atoms with van der Waals surface area (Å²) in [6.45, 7) is 5.70. The van der Waals surface area contributed by atoms with Crippen LogP contribution in [-0.2, 0) is 11.2 Å². The van der Waals surface area contributed by atoms with E-state index in [-0.39, 0.29) is 5.91 Å². The van der Waals surface area contributed by atoms with Crippen LogP contribution in [0.4, 0.5) is 0 Å². The summed E-state index contributed by atoms with van der Waals surface area (Å²) in [6.07, 6.45) is 6.13. The van der Waals surface area contributed by atoms with Crippen molar-refractivity contribution in [1.82, 2.24) is 10.1 Å². The fraction of sp³-hybridized carbons (Fsp3) is 0.714. The molecule has 0 aromatic carbocycles. The SMILES string of the molecule is Cc1noc(C)c1CCC(=O)N1CCCCCC1. The normalized spacial score (nSPS) is 16.7. The number of carbonyl (C=O) groups is 1. The van der Waals surface area contributed by atoms with Gasteiger partial charge in [0.05, 0.1) is 5.69 Å². The second-order valence-corrected chi connectivity index (χ2v) is 5.10. The summed E-state index contributed by atoms with van der Waals surface area (Å²) in [5, 5.41) is 3.92. The highest BCUT2D eigenvalue weighted by atomic mass is 16.5. The van der Waals surface area contributed by atoms with Crippen LogP contribution < -0.4 is 0 Å². The van der Waals surface area contributed by atoms with Crippen LogP contribution in [-0.4, -0.2) is 29.1 Å². The molecule has 1 aliphatic rings. The monoisotopic (exact) mass is 250 g/mol. The van der Waals surface area contributed by atoms with Crippen LogP contribution >= 0.6 is 0 Å². The lowest BCUT2D eigenvalue weighted by atomic mass is 10.1. The first-order chi connectivity index (χ1) is 8.68. The van der Waals surface area contributed by atoms with Gasteiger partial charge in [0.15, 0.2) is 0 Å². The van der Waals surface area contributed by atoms with Gasteiger partial charge in [-0.3, -0.25) is 4.79 Å². The highest BCUT2D eigenvalue weighted by Crippen LogP contribution is 2.16. The lowest BCUT2D eigenvalue weighted by Crippen LogP contribution is -2.32. The Bertz CT molecular complexity index is 384. The van der Waals surface area contributed by atoms with E-state index in [9.17, 15) is 4.79 Å². The van der Waals surface area contributed by atoms with Crippen LogP contribution in [0.25, 0.3) is 0 Å². The number of aryl methyl sites for hydroxylation is 2. The van der Waals surface area contributed by atoms with Crippen molar-refractivity contribution in [2.45, 2.75) is 52.4 Å². The van der Waals surface area contributed by atoms with E-state index in [2.05, 4.69) is 5.16 Å². The molecule has 0 aliphatic carbocycles. The van der Waals surface area contributed by atoms with Gasteiger partial charge >= 0.3 is 0 Å². The number of likely N-dealkylation sites (tertiary alicyclic amines) is 1. The summed E-state index contributed by atoms with van der Waals surface area (Å²) in [4.78, 5) is 14.2. The zero-order chi connectivity index (χ0) is 13.0. The van der Waals surface area contributed by atoms with E-state index in [1.807, 2.05) is 18.7 Å². The highest BCUT2D eigenvalue weighted by molar-refractivity contribution is 5.76. The Hall–Kier alpha value is -1.32. The molecule has 0 bridgehead atoms. The van der Waals surface area contributed by atoms with Gasteiger partial charge < -0.3 is 9.42 Å². The maximum absolute atomic E-state index is 12.1. The quantitative estimate of drug-likeness (QED) is 0.828. The first-order valence-corrected chi connectivity index (χ1v) is 6.88. The molecule has 1 fully saturated rings. The molecule has 100 valence electrons. The molecule has 2 rings (SSSR count). The smallest absolute Gasteiger partial charge is 0.222 e. The Morgan fingerprint density at radius 3 is 2.44 bits per heavy atom. The van der Waals surface area contributed by atoms with Gasteiger partial charge in [0.1, 0.15) is 5.76 Å². The van der Waals surface area contributed by atoms with Gasteiger partial charge in [-0.25, -0.2) is 0 Å². The molecule has 2 heterocycles. The Morgan fingerprint density at radius 2 is 1.89 bits per heavy atom. The summed E-state index contributed by atoms with van der Waals surface area (Å²) < 4.78 is 5.12. The number of amides is 1. The van der Waals surface area contributed by atoms with Crippen molar-refractivity contribution in [3.8, 4) is 0 Å². The summed E-state index contributed by atoms with van der Waals surface area (Å²) in [5.41, 5.74) is 2.01. The second-order valence-electron chi connectivity index (χ2n) is 5.10. The highest BCUT2D eigenvalue weighted by Gasteiger charge is 2.17. The summed E-state index contributed by atoms with van der Waals surface area (Å²) >= 11 is 0. The molecule has 1 saturated heterocycles. The molecule has 4 nitrogen and oxygen atoms in total. The Kier molecular flexibility index (Phi) is 4.39. The maximum Gasteiger partial charge on any atom is 0.222 e. The molecule has 1 aliphatic heterocycles. The Labute approximate surface area is 108 Å². The number of hydrogen-bond acceptors (Lipinski definition) is 3. The van der Waals surface area contributed by atoms with Crippen LogP contribution in [0.5, 0.6) is 0 Å². The minimum atomic E-state index is 0.275. The zero-order valence-corrected chi connectivity index (χ0v) is 11.4. The van der Waals surface area contributed by atoms with E-state index in [0.29, 0.717) is 6.42 Å². The van der Waals surface area contributed by atoms with Gasteiger partial charge in [-0.15, -0.1) is 0 Å². The van der Waals surface area contributed by atoms with Crippen LogP contribution in [0.1, 0.15) is 49.1 Å². The standard InChI is InChI=1S/C14H22N2O2/c1-11-13(12(2)18-15-11)7-8-14(17)16-9-5-3-4-6-10-16/h3-10H2,1-2H3. The maximum atomic E-state index is 12.1. The molecule has 0 atom stereocenters. The van der Waals surface area contributed by atoms with Crippen LogP contribution in [0.15, 0.2) is 4.52 Å². The Morgan fingerprint density at radius 1 is 1.22 bits per heavy atom. The van der Waals surface area contributed by atoms with Crippen molar-refractivity contribution in [1.29, 1.82) is 0 Å². The van der Waals surface area contributed by atoms with Crippen LogP contribution in [0, 0.1) is 13.8 Å². The molecule has 0 N–H and O–H groups in total. The molecule has 0 radical (unpaired) electrons. The lowest BCUT2D eigenvalue weighted by molar-refractivity contribution is -0.131. The van der Waals surface area contributed by atoms with E-state index in [1.165, 1.54) is 12.8 Å². The predicted molar refractivity (Wildman–Crippen MR) is 69.3 cm³/mol. The predicted octanol–water partition coefficient (Wildman–Crippen LogP) is 2.63. The molecule has 0 spiro atoms. The molecule has 1 amide bonds. The van der Waals surface area contributed by atoms with Gasteiger partial charge in [0, 0.05) is 25.1 Å². The molecule has 4 heteroatoms. The minimum Gasteiger partial charge on any atom is -0.361 e. The molecule has 18 heavy (non-hydrogen) atoms. The van der Waals surface area contributed by atoms with Gasteiger partial charge in [-0.1, -0.05) is 18.0 Å². The average Bonchev–Trinajstić information content (AvgIpc) is 2.61. The number of carbonyl (C=O) groups excluding carboxylic acids is 1. The number of nitrogens with zero attached hydrogens (tertiary/aromatic N) is 2. The van der Waals surface area contributed by atoms with Gasteiger partial charge in [0.2, 0.25) is 5.91 Å². The van der Waals surface area contributed by atoms with E-state index in [1.54, 1.807) is 0 Å². The van der Waals surface area contributed by atoms with Crippen molar-refractivity contribution < 1.29 is 9.32 Å². The van der Waals surface area contributed by atoms with E-state index in [0.717, 1.165) is 49.4 Å². The minimum absolute atomic E-state index is 0.275. The fourth-order valence-corrected chi connectivity index (χ4v) is 2.57. The summed E-state index contributed by atoms with van der Waals surface area (Å²) in [5.74, 6) is 1.12. The summed E-state index contributed by atoms with van der Waals surface area (Å²) in [7, 11) is 0. The van der Waals surface area contributed by atoms with Gasteiger partial charge in [-0.05, 0) is 33.1 Å². The lowest BCUT2D eigenvalue weighted by Gasteiger charge is -2.20. The molecule has 1 aromatic heterocycles. The third-order valence-corrected chi connectivity index (χ3v) is 3.73. The average molecular weight is 250 g/mol. The molecular formula is C14H22N2O2. The zero-order valence-electron chi connectivity index (χ0n) is 11.4. The van der Waals surface area contributed by atoms with Crippen molar-refractivity contribution >= 4 is 5.91 Å². The van der Waals surface area contributed by atoms with Crippen molar-refractivity contribution in [2.75, 3.05) is 13.1 Å². The number of aromatic nitrogens is 1. The van der Waals surface area contributed by atoms with E-state index >= 15 is 0 Å². The van der Waals surface area contributed by atoms with E-state index < -0.39 is 0 Å². The van der Waals surface area contributed by atoms with Gasteiger partial charge in [-0.2, -0.15) is 0 Å². The van der Waals surface area contributed by atoms with Crippen LogP contribution in [0.2, 0.25) is 0 Å². The molecule has 0 saturated carbocycles. The number of rotatable bonds is 3. The Balaban J connectivity index is 1.87. The third kappa shape index (κ3) is 3.12. The summed E-state index contributed by atoms with van der Waals surface area (Å²) in [6, 6.07) is 0. The largest absolute Gasteiger partial charge is 0.361 e. The van der Waals surface area contributed by atoms with Crippen molar-refractivity contribution in [3.05, 3.63) is 17.0 Å².